The zero-order chi connectivity index (χ0) is 14.1. The van der Waals surface area contributed by atoms with E-state index in [0.717, 1.165) is 25.7 Å². The van der Waals surface area contributed by atoms with Crippen molar-refractivity contribution in [2.24, 2.45) is 10.2 Å². The molecule has 0 spiro atoms. The number of aromatic nitrogens is 1. The van der Waals surface area contributed by atoms with Crippen molar-refractivity contribution in [2.45, 2.75) is 6.92 Å². The van der Waals surface area contributed by atoms with Gasteiger partial charge in [-0.25, -0.2) is 0 Å². The molecule has 1 heterocycles. The van der Waals surface area contributed by atoms with Crippen molar-refractivity contribution in [2.75, 3.05) is 0 Å². The molecule has 0 fully saturated rings. The highest BCUT2D eigenvalue weighted by Crippen LogP contribution is 2.37. The molecule has 0 amide bonds. The maximum absolute atomic E-state index is 9.98. The molecular weight excluding hydrogens is 365 g/mol. The summed E-state index contributed by atoms with van der Waals surface area (Å²) in [6.07, 6.45) is 0. The first-order valence-corrected chi connectivity index (χ1v) is 7.20. The number of rotatable bonds is 2. The Hall–Kier alpha value is -1.89. The number of benzene rings is 2. The SMILES string of the molecule is Cc1cccc(N=Nc2c(O)[nH]c3c(I)cccc23)c1. The Morgan fingerprint density at radius 2 is 1.90 bits per heavy atom. The van der Waals surface area contributed by atoms with Crippen LogP contribution in [0.25, 0.3) is 10.9 Å². The number of azo groups is 1. The van der Waals surface area contributed by atoms with Gasteiger partial charge in [-0.15, -0.1) is 5.11 Å². The van der Waals surface area contributed by atoms with Crippen molar-refractivity contribution >= 4 is 44.9 Å². The maximum atomic E-state index is 9.98. The van der Waals surface area contributed by atoms with E-state index in [0.29, 0.717) is 5.69 Å². The number of para-hydroxylation sites is 1. The van der Waals surface area contributed by atoms with Gasteiger partial charge < -0.3 is 10.1 Å². The number of hydrogen-bond donors (Lipinski definition) is 2. The molecule has 0 aliphatic rings. The lowest BCUT2D eigenvalue weighted by Gasteiger charge is -1.95. The summed E-state index contributed by atoms with van der Waals surface area (Å²) in [5.41, 5.74) is 3.24. The minimum Gasteiger partial charge on any atom is -0.493 e. The number of aryl methyl sites for hydroxylation is 1. The zero-order valence-corrected chi connectivity index (χ0v) is 12.9. The first-order valence-electron chi connectivity index (χ1n) is 6.13. The lowest BCUT2D eigenvalue weighted by molar-refractivity contribution is 0.459. The first kappa shape index (κ1) is 13.1. The highest BCUT2D eigenvalue weighted by Gasteiger charge is 2.11. The number of H-pyrrole nitrogens is 1. The van der Waals surface area contributed by atoms with Crippen molar-refractivity contribution in [3.8, 4) is 5.88 Å². The summed E-state index contributed by atoms with van der Waals surface area (Å²) >= 11 is 2.22. The average molecular weight is 377 g/mol. The minimum absolute atomic E-state index is 0.0421. The summed E-state index contributed by atoms with van der Waals surface area (Å²) < 4.78 is 1.03. The fourth-order valence-electron chi connectivity index (χ4n) is 2.05. The first-order chi connectivity index (χ1) is 9.65. The molecule has 2 aromatic carbocycles. The summed E-state index contributed by atoms with van der Waals surface area (Å²) in [6.45, 7) is 2.00. The Kier molecular flexibility index (Phi) is 3.43. The van der Waals surface area contributed by atoms with Gasteiger partial charge in [0.25, 0.3) is 0 Å². The number of hydrogen-bond acceptors (Lipinski definition) is 3. The van der Waals surface area contributed by atoms with Gasteiger partial charge in [-0.05, 0) is 53.3 Å². The Bertz CT molecular complexity index is 808. The molecule has 4 nitrogen and oxygen atoms in total. The highest BCUT2D eigenvalue weighted by molar-refractivity contribution is 14.1. The van der Waals surface area contributed by atoms with Crippen molar-refractivity contribution in [3.05, 3.63) is 51.6 Å². The van der Waals surface area contributed by atoms with E-state index in [-0.39, 0.29) is 5.88 Å². The smallest absolute Gasteiger partial charge is 0.218 e. The molecule has 0 aliphatic carbocycles. The molecular formula is C15H12IN3O. The van der Waals surface area contributed by atoms with Crippen LogP contribution in [0.2, 0.25) is 0 Å². The lowest BCUT2D eigenvalue weighted by Crippen LogP contribution is -1.72. The summed E-state index contributed by atoms with van der Waals surface area (Å²) in [6, 6.07) is 13.6. The quantitative estimate of drug-likeness (QED) is 0.468. The standard InChI is InChI=1S/C15H12IN3O/c1-9-4-2-5-10(8-9)18-19-14-11-6-3-7-12(16)13(11)17-15(14)20/h2-8,17,20H,1H3. The Morgan fingerprint density at radius 1 is 1.10 bits per heavy atom. The molecule has 0 saturated carbocycles. The molecule has 0 bridgehead atoms. The maximum Gasteiger partial charge on any atom is 0.218 e. The summed E-state index contributed by atoms with van der Waals surface area (Å²) in [5, 5.41) is 19.2. The van der Waals surface area contributed by atoms with Crippen LogP contribution < -0.4 is 0 Å². The minimum atomic E-state index is 0.0421. The summed E-state index contributed by atoms with van der Waals surface area (Å²) in [4.78, 5) is 2.94. The van der Waals surface area contributed by atoms with E-state index in [1.807, 2.05) is 49.4 Å². The van der Waals surface area contributed by atoms with Gasteiger partial charge in [-0.1, -0.05) is 24.3 Å². The van der Waals surface area contributed by atoms with Crippen LogP contribution >= 0.6 is 22.6 Å². The number of halogens is 1. The average Bonchev–Trinajstić information content (AvgIpc) is 2.74. The number of fused-ring (bicyclic) bond motifs is 1. The van der Waals surface area contributed by atoms with Crippen LogP contribution in [0, 0.1) is 10.5 Å². The third-order valence-corrected chi connectivity index (χ3v) is 3.90. The van der Waals surface area contributed by atoms with Gasteiger partial charge >= 0.3 is 0 Å². The van der Waals surface area contributed by atoms with Crippen LogP contribution in [-0.2, 0) is 0 Å². The predicted octanol–water partition coefficient (Wildman–Crippen LogP) is 5.20. The topological polar surface area (TPSA) is 60.7 Å². The van der Waals surface area contributed by atoms with E-state index in [1.54, 1.807) is 0 Å². The van der Waals surface area contributed by atoms with E-state index in [1.165, 1.54) is 0 Å². The molecule has 1 aromatic heterocycles. The van der Waals surface area contributed by atoms with Gasteiger partial charge in [-0.3, -0.25) is 0 Å². The van der Waals surface area contributed by atoms with Crippen molar-refractivity contribution in [1.29, 1.82) is 0 Å². The Labute approximate surface area is 129 Å². The number of nitrogens with one attached hydrogen (secondary N) is 1. The van der Waals surface area contributed by atoms with Crippen molar-refractivity contribution in [3.63, 3.8) is 0 Å². The van der Waals surface area contributed by atoms with Gasteiger partial charge in [0.1, 0.15) is 0 Å². The molecule has 0 aliphatic heterocycles. The van der Waals surface area contributed by atoms with Gasteiger partial charge in [0.05, 0.1) is 11.2 Å². The van der Waals surface area contributed by atoms with E-state index >= 15 is 0 Å². The predicted molar refractivity (Wildman–Crippen MR) is 88.0 cm³/mol. The van der Waals surface area contributed by atoms with Crippen molar-refractivity contribution in [1.82, 2.24) is 4.98 Å². The van der Waals surface area contributed by atoms with Gasteiger partial charge in [0, 0.05) is 8.96 Å². The fraction of sp³-hybridized carbons (Fsp3) is 0.0667. The third kappa shape index (κ3) is 2.40. The van der Waals surface area contributed by atoms with Crippen LogP contribution in [-0.4, -0.2) is 10.1 Å². The normalized spacial score (nSPS) is 11.5. The second-order valence-electron chi connectivity index (χ2n) is 4.52. The molecule has 5 heteroatoms. The summed E-state index contributed by atoms with van der Waals surface area (Å²) in [7, 11) is 0. The van der Waals surface area contributed by atoms with E-state index in [4.69, 9.17) is 0 Å². The zero-order valence-electron chi connectivity index (χ0n) is 10.8. The molecule has 0 unspecified atom stereocenters. The van der Waals surface area contributed by atoms with Crippen LogP contribution in [0.15, 0.2) is 52.7 Å². The van der Waals surface area contributed by atoms with Gasteiger partial charge in [-0.2, -0.15) is 5.11 Å². The van der Waals surface area contributed by atoms with E-state index in [2.05, 4.69) is 37.8 Å². The molecule has 100 valence electrons. The monoisotopic (exact) mass is 377 g/mol. The van der Waals surface area contributed by atoms with Crippen LogP contribution in [0.3, 0.4) is 0 Å². The van der Waals surface area contributed by atoms with Crippen LogP contribution in [0.4, 0.5) is 11.4 Å². The molecule has 0 atom stereocenters. The number of aromatic amines is 1. The lowest BCUT2D eigenvalue weighted by atomic mass is 10.2. The molecule has 3 rings (SSSR count). The second kappa shape index (κ2) is 5.24. The molecule has 20 heavy (non-hydrogen) atoms. The van der Waals surface area contributed by atoms with Gasteiger partial charge in [0.15, 0.2) is 5.69 Å². The molecule has 0 saturated heterocycles. The Balaban J connectivity index is 2.07. The summed E-state index contributed by atoms with van der Waals surface area (Å²) in [5.74, 6) is 0.0421. The van der Waals surface area contributed by atoms with Crippen LogP contribution in [0.1, 0.15) is 5.56 Å². The largest absolute Gasteiger partial charge is 0.493 e. The third-order valence-electron chi connectivity index (χ3n) is 3.00. The fourth-order valence-corrected chi connectivity index (χ4v) is 2.69. The Morgan fingerprint density at radius 3 is 2.70 bits per heavy atom. The molecule has 2 N–H and O–H groups in total. The van der Waals surface area contributed by atoms with E-state index in [9.17, 15) is 5.11 Å². The van der Waals surface area contributed by atoms with E-state index < -0.39 is 0 Å². The highest BCUT2D eigenvalue weighted by atomic mass is 127. The van der Waals surface area contributed by atoms with Crippen molar-refractivity contribution < 1.29 is 5.11 Å². The van der Waals surface area contributed by atoms with Crippen LogP contribution in [0.5, 0.6) is 5.88 Å². The molecule has 0 radical (unpaired) electrons. The second-order valence-corrected chi connectivity index (χ2v) is 5.69. The molecule has 3 aromatic rings. The number of nitrogens with zero attached hydrogens (tertiary/aromatic N) is 2. The van der Waals surface area contributed by atoms with Gasteiger partial charge in [0.2, 0.25) is 5.88 Å². The number of aromatic hydroxyl groups is 1.